The molecule has 0 spiro atoms. The number of aliphatic imine (C=N–C) groups is 1. The van der Waals surface area contributed by atoms with E-state index in [1.54, 1.807) is 25.5 Å². The van der Waals surface area contributed by atoms with E-state index in [9.17, 15) is 14.0 Å². The van der Waals surface area contributed by atoms with Crippen LogP contribution in [0, 0.1) is 10.8 Å². The summed E-state index contributed by atoms with van der Waals surface area (Å²) in [6.45, 7) is 14.6. The molecule has 0 radical (unpaired) electrons. The van der Waals surface area contributed by atoms with E-state index >= 15 is 0 Å². The summed E-state index contributed by atoms with van der Waals surface area (Å²) >= 11 is 0. The molecule has 51 heavy (non-hydrogen) atoms. The smallest absolute Gasteiger partial charge is 0.257 e. The zero-order valence-corrected chi connectivity index (χ0v) is 31.3. The zero-order chi connectivity index (χ0) is 36.8. The number of carbonyl (C=O) groups excluding carboxylic acids is 2. The second-order valence-corrected chi connectivity index (χ2v) is 15.9. The number of likely N-dealkylation sites (N-methyl/N-ethyl adjacent to an activating group) is 1. The highest BCUT2D eigenvalue weighted by Gasteiger charge is 2.40. The van der Waals surface area contributed by atoms with Gasteiger partial charge >= 0.3 is 0 Å². The lowest BCUT2D eigenvalue weighted by Gasteiger charge is -2.32. The van der Waals surface area contributed by atoms with Gasteiger partial charge in [-0.25, -0.2) is 4.39 Å². The van der Waals surface area contributed by atoms with Gasteiger partial charge in [0.15, 0.2) is 23.0 Å². The molecule has 11 heteroatoms. The van der Waals surface area contributed by atoms with Crippen LogP contribution < -0.4 is 23.8 Å². The van der Waals surface area contributed by atoms with Crippen LogP contribution in [0.5, 0.6) is 23.0 Å². The first kappa shape index (κ1) is 36.3. The minimum Gasteiger partial charge on any atom is -0.493 e. The van der Waals surface area contributed by atoms with E-state index in [-0.39, 0.29) is 47.1 Å². The summed E-state index contributed by atoms with van der Waals surface area (Å²) in [6, 6.07) is 6.77. The molecule has 3 atom stereocenters. The summed E-state index contributed by atoms with van der Waals surface area (Å²) in [5.41, 5.74) is 3.33. The van der Waals surface area contributed by atoms with Crippen molar-refractivity contribution < 1.29 is 32.9 Å². The third kappa shape index (κ3) is 7.30. The van der Waals surface area contributed by atoms with E-state index < -0.39 is 6.04 Å². The Morgan fingerprint density at radius 1 is 0.824 bits per heavy atom. The second-order valence-electron chi connectivity index (χ2n) is 15.9. The monoisotopic (exact) mass is 702 g/mol. The van der Waals surface area contributed by atoms with Crippen LogP contribution in [-0.2, 0) is 0 Å². The van der Waals surface area contributed by atoms with Crippen LogP contribution in [-0.4, -0.2) is 93.5 Å². The summed E-state index contributed by atoms with van der Waals surface area (Å²) in [6.07, 6.45) is 7.85. The lowest BCUT2D eigenvalue weighted by Crippen LogP contribution is -2.45. The van der Waals surface area contributed by atoms with E-state index in [0.717, 1.165) is 24.9 Å². The lowest BCUT2D eigenvalue weighted by atomic mass is 9.78. The Morgan fingerprint density at radius 2 is 1.47 bits per heavy atom. The maximum Gasteiger partial charge on any atom is 0.257 e. The highest BCUT2D eigenvalue weighted by molar-refractivity contribution is 6.04. The van der Waals surface area contributed by atoms with E-state index in [1.165, 1.54) is 23.7 Å². The highest BCUT2D eigenvalue weighted by Crippen LogP contribution is 2.42. The molecule has 0 N–H and O–H groups in total. The Balaban J connectivity index is 1.06. The molecule has 4 aliphatic rings. The molecule has 0 fully saturated rings. The fourth-order valence-electron chi connectivity index (χ4n) is 7.23. The molecule has 0 bridgehead atoms. The van der Waals surface area contributed by atoms with Crippen LogP contribution in [0.3, 0.4) is 0 Å². The van der Waals surface area contributed by atoms with Gasteiger partial charge < -0.3 is 33.6 Å². The van der Waals surface area contributed by atoms with Gasteiger partial charge in [-0.15, -0.1) is 0 Å². The normalized spacial score (nSPS) is 21.3. The molecule has 3 unspecified atom stereocenters. The van der Waals surface area contributed by atoms with Crippen molar-refractivity contribution in [2.24, 2.45) is 15.8 Å². The minimum atomic E-state index is -0.505. The molecular weight excluding hydrogens is 651 g/mol. The van der Waals surface area contributed by atoms with Crippen LogP contribution in [0.25, 0.3) is 0 Å². The van der Waals surface area contributed by atoms with Crippen molar-refractivity contribution in [1.82, 2.24) is 9.80 Å². The van der Waals surface area contributed by atoms with E-state index in [1.807, 2.05) is 24.1 Å². The lowest BCUT2D eigenvalue weighted by molar-refractivity contribution is 0.0742. The topological polar surface area (TPSA) is 93.1 Å². The molecule has 0 aromatic heterocycles. The Labute approximate surface area is 300 Å². The first-order valence-electron chi connectivity index (χ1n) is 17.7. The van der Waals surface area contributed by atoms with Crippen molar-refractivity contribution in [2.75, 3.05) is 52.5 Å². The second kappa shape index (κ2) is 13.9. The van der Waals surface area contributed by atoms with Gasteiger partial charge in [0.1, 0.15) is 5.83 Å². The van der Waals surface area contributed by atoms with Gasteiger partial charge in [0.25, 0.3) is 11.8 Å². The average molecular weight is 703 g/mol. The molecule has 0 saturated carbocycles. The third-order valence-electron chi connectivity index (χ3n) is 10.8. The number of halogens is 1. The maximum absolute atomic E-state index is 13.9. The van der Waals surface area contributed by atoms with Gasteiger partial charge in [-0.3, -0.25) is 14.6 Å². The predicted octanol–water partition coefficient (Wildman–Crippen LogP) is 7.39. The number of ether oxygens (including phenoxy) is 4. The average Bonchev–Trinajstić information content (AvgIpc) is 3.64. The molecule has 4 heterocycles. The quantitative estimate of drug-likeness (QED) is 0.213. The molecule has 0 aliphatic carbocycles. The number of hydrogen-bond acceptors (Lipinski definition) is 8. The number of nitrogens with zero attached hydrogens (tertiary/aromatic N) is 4. The predicted molar refractivity (Wildman–Crippen MR) is 197 cm³/mol. The Kier molecular flexibility index (Phi) is 9.87. The van der Waals surface area contributed by atoms with Gasteiger partial charge in [-0.05, 0) is 62.1 Å². The van der Waals surface area contributed by atoms with Crippen molar-refractivity contribution in [3.05, 3.63) is 58.9 Å². The number of fused-ring (bicyclic) bond motifs is 4. The van der Waals surface area contributed by atoms with Crippen molar-refractivity contribution in [3.8, 4) is 23.0 Å². The first-order chi connectivity index (χ1) is 24.1. The standard InChI is InChI=1S/C40H51FN4O6/c1-24-14-31-25(2)43(7)32-19-36(34(49-9)17-29(32)38(47)45(31)21-24)50-13-12-39(3,4)10-11-40(5,6)23-51-35-18-30-28(16-33(35)48-8)37(46)44-22-26(41)15-27(44)20-42-30/h14-20,25,27,31H,10-13,21-23H2,1-9H3. The highest BCUT2D eigenvalue weighted by atomic mass is 19.1. The summed E-state index contributed by atoms with van der Waals surface area (Å²) in [7, 11) is 5.18. The van der Waals surface area contributed by atoms with Crippen LogP contribution in [0.4, 0.5) is 15.8 Å². The number of carbonyl (C=O) groups is 2. The fraction of sp³-hybridized carbons (Fsp3) is 0.525. The van der Waals surface area contributed by atoms with Crippen LogP contribution in [0.2, 0.25) is 0 Å². The number of rotatable bonds is 12. The van der Waals surface area contributed by atoms with Crippen LogP contribution in [0.15, 0.2) is 52.8 Å². The molecule has 2 aromatic carbocycles. The first-order valence-corrected chi connectivity index (χ1v) is 17.7. The zero-order valence-electron chi connectivity index (χ0n) is 31.3. The minimum absolute atomic E-state index is 0.0109. The van der Waals surface area contributed by atoms with Gasteiger partial charge in [0, 0.05) is 38.0 Å². The maximum atomic E-state index is 13.9. The van der Waals surface area contributed by atoms with E-state index in [4.69, 9.17) is 18.9 Å². The molecule has 10 nitrogen and oxygen atoms in total. The number of amides is 2. The molecular formula is C40H51FN4O6. The van der Waals surface area contributed by atoms with Crippen molar-refractivity contribution in [3.63, 3.8) is 0 Å². The van der Waals surface area contributed by atoms with Crippen LogP contribution >= 0.6 is 0 Å². The Hall–Kier alpha value is -4.54. The van der Waals surface area contributed by atoms with Crippen molar-refractivity contribution in [2.45, 2.75) is 78.9 Å². The molecule has 274 valence electrons. The van der Waals surface area contributed by atoms with Gasteiger partial charge in [0.05, 0.1) is 68.6 Å². The van der Waals surface area contributed by atoms with E-state index in [0.29, 0.717) is 59.6 Å². The Bertz CT molecular complexity index is 1800. The van der Waals surface area contributed by atoms with Gasteiger partial charge in [-0.2, -0.15) is 0 Å². The number of hydrogen-bond donors (Lipinski definition) is 0. The number of methoxy groups -OCH3 is 2. The van der Waals surface area contributed by atoms with Gasteiger partial charge in [-0.1, -0.05) is 39.3 Å². The van der Waals surface area contributed by atoms with Crippen molar-refractivity contribution in [1.29, 1.82) is 0 Å². The third-order valence-corrected chi connectivity index (χ3v) is 10.8. The largest absolute Gasteiger partial charge is 0.493 e. The SMILES string of the molecule is COc1cc2c(cc1OCCC(C)(C)CCC(C)(C)COc1cc3c(cc1OC)C(=O)N1CC(F)=CC1C=N3)N(C)C(C)C1C=C(C)CN1C2=O. The summed E-state index contributed by atoms with van der Waals surface area (Å²) in [4.78, 5) is 36.9. The molecule has 2 aromatic rings. The van der Waals surface area contributed by atoms with Crippen molar-refractivity contribution >= 4 is 29.4 Å². The molecule has 4 aliphatic heterocycles. The molecule has 0 saturated heterocycles. The number of anilines is 1. The Morgan fingerprint density at radius 3 is 2.18 bits per heavy atom. The molecule has 6 rings (SSSR count). The summed E-state index contributed by atoms with van der Waals surface area (Å²) < 4.78 is 37.9. The van der Waals surface area contributed by atoms with Crippen LogP contribution in [0.1, 0.15) is 81.5 Å². The molecule has 2 amide bonds. The number of benzene rings is 2. The van der Waals surface area contributed by atoms with E-state index in [2.05, 4.69) is 57.5 Å². The van der Waals surface area contributed by atoms with Gasteiger partial charge in [0.2, 0.25) is 0 Å². The summed E-state index contributed by atoms with van der Waals surface area (Å²) in [5.74, 6) is 1.50. The fourth-order valence-corrected chi connectivity index (χ4v) is 7.23. The summed E-state index contributed by atoms with van der Waals surface area (Å²) in [5, 5.41) is 0.